The fourth-order valence-corrected chi connectivity index (χ4v) is 1.63. The molecule has 0 unspecified atom stereocenters. The number of carbonyl (C=O) groups is 1. The van der Waals surface area contributed by atoms with Crippen LogP contribution >= 0.6 is 0 Å². The number of aryl methyl sites for hydroxylation is 1. The van der Waals surface area contributed by atoms with Crippen LogP contribution in [0, 0.1) is 6.92 Å². The maximum atomic E-state index is 10.9. The molecule has 2 aromatic carbocycles. The van der Waals surface area contributed by atoms with Crippen molar-refractivity contribution in [3.05, 3.63) is 41.5 Å². The average Bonchev–Trinajstić information content (AvgIpc) is 2.19. The van der Waals surface area contributed by atoms with Crippen molar-refractivity contribution in [3.63, 3.8) is 0 Å². The first-order valence-corrected chi connectivity index (χ1v) is 4.55. The Morgan fingerprint density at radius 3 is 2.53 bits per heavy atom. The molecule has 0 amide bonds. The van der Waals surface area contributed by atoms with Gasteiger partial charge in [-0.3, -0.25) is 0 Å². The van der Waals surface area contributed by atoms with E-state index in [0.717, 1.165) is 5.56 Å². The van der Waals surface area contributed by atoms with Crippen LogP contribution in [0.1, 0.15) is 15.9 Å². The molecule has 0 saturated carbocycles. The van der Waals surface area contributed by atoms with Crippen LogP contribution in [0.15, 0.2) is 30.3 Å². The van der Waals surface area contributed by atoms with Gasteiger partial charge in [0, 0.05) is 5.39 Å². The third-order valence-electron chi connectivity index (χ3n) is 2.38. The summed E-state index contributed by atoms with van der Waals surface area (Å²) in [5.41, 5.74) is 1.20. The molecule has 76 valence electrons. The van der Waals surface area contributed by atoms with Crippen molar-refractivity contribution in [3.8, 4) is 5.75 Å². The highest BCUT2D eigenvalue weighted by Gasteiger charge is 2.10. The van der Waals surface area contributed by atoms with Crippen molar-refractivity contribution in [1.82, 2.24) is 0 Å². The van der Waals surface area contributed by atoms with Crippen LogP contribution in [0.4, 0.5) is 0 Å². The number of benzene rings is 2. The number of carboxylic acid groups (broad SMARTS) is 1. The minimum atomic E-state index is -0.983. The van der Waals surface area contributed by atoms with E-state index in [1.807, 2.05) is 13.0 Å². The summed E-state index contributed by atoms with van der Waals surface area (Å²) in [4.78, 5) is 10.9. The number of rotatable bonds is 1. The Morgan fingerprint density at radius 2 is 1.87 bits per heavy atom. The Kier molecular flexibility index (Phi) is 2.08. The molecule has 0 atom stereocenters. The molecule has 2 rings (SSSR count). The number of phenolic OH excluding ortho intramolecular Hbond substituents is 1. The lowest BCUT2D eigenvalue weighted by Crippen LogP contribution is -1.97. The van der Waals surface area contributed by atoms with Gasteiger partial charge in [-0.2, -0.15) is 0 Å². The number of fused-ring (bicyclic) bond motifs is 1. The van der Waals surface area contributed by atoms with Gasteiger partial charge in [-0.15, -0.1) is 0 Å². The van der Waals surface area contributed by atoms with Gasteiger partial charge in [-0.05, 0) is 30.5 Å². The Bertz CT molecular complexity index is 544. The number of carboxylic acids is 1. The van der Waals surface area contributed by atoms with Crippen LogP contribution < -0.4 is 0 Å². The van der Waals surface area contributed by atoms with Crippen LogP contribution in [0.5, 0.6) is 5.75 Å². The summed E-state index contributed by atoms with van der Waals surface area (Å²) in [6.45, 7) is 1.90. The summed E-state index contributed by atoms with van der Waals surface area (Å²) in [7, 11) is 0. The van der Waals surface area contributed by atoms with Crippen molar-refractivity contribution in [2.45, 2.75) is 6.92 Å². The second-order valence-electron chi connectivity index (χ2n) is 3.49. The van der Waals surface area contributed by atoms with Crippen molar-refractivity contribution >= 4 is 16.7 Å². The van der Waals surface area contributed by atoms with Crippen molar-refractivity contribution in [2.75, 3.05) is 0 Å². The topological polar surface area (TPSA) is 57.5 Å². The van der Waals surface area contributed by atoms with Crippen LogP contribution in [-0.2, 0) is 0 Å². The first-order chi connectivity index (χ1) is 7.09. The second kappa shape index (κ2) is 3.28. The zero-order chi connectivity index (χ0) is 11.0. The lowest BCUT2D eigenvalue weighted by atomic mass is 10.0. The van der Waals surface area contributed by atoms with E-state index in [0.29, 0.717) is 10.8 Å². The second-order valence-corrected chi connectivity index (χ2v) is 3.49. The molecule has 2 aromatic rings. The summed E-state index contributed by atoms with van der Waals surface area (Å²) in [6, 6.07) is 8.14. The van der Waals surface area contributed by atoms with Crippen LogP contribution in [-0.4, -0.2) is 16.2 Å². The maximum absolute atomic E-state index is 10.9. The molecule has 2 N–H and O–H groups in total. The Hall–Kier alpha value is -2.03. The largest absolute Gasteiger partial charge is 0.507 e. The van der Waals surface area contributed by atoms with Gasteiger partial charge in [0.2, 0.25) is 0 Å². The predicted molar refractivity (Wildman–Crippen MR) is 57.3 cm³/mol. The molecule has 0 aromatic heterocycles. The summed E-state index contributed by atoms with van der Waals surface area (Å²) in [5, 5.41) is 19.7. The molecule has 0 aliphatic carbocycles. The average molecular weight is 202 g/mol. The van der Waals surface area contributed by atoms with Crippen molar-refractivity contribution in [2.24, 2.45) is 0 Å². The first-order valence-electron chi connectivity index (χ1n) is 4.55. The number of hydrogen-bond donors (Lipinski definition) is 2. The highest BCUT2D eigenvalue weighted by atomic mass is 16.4. The quantitative estimate of drug-likeness (QED) is 0.747. The van der Waals surface area contributed by atoms with E-state index < -0.39 is 5.97 Å². The SMILES string of the molecule is Cc1ccc2c(C(=O)O)ccc(O)c2c1. The summed E-state index contributed by atoms with van der Waals surface area (Å²) in [5.74, 6) is -0.873. The molecular weight excluding hydrogens is 192 g/mol. The van der Waals surface area contributed by atoms with Gasteiger partial charge in [0.1, 0.15) is 5.75 Å². The third kappa shape index (κ3) is 1.52. The monoisotopic (exact) mass is 202 g/mol. The molecular formula is C12H10O3. The Labute approximate surface area is 86.6 Å². The number of aromatic carboxylic acids is 1. The molecule has 0 heterocycles. The standard InChI is InChI=1S/C12H10O3/c1-7-2-3-8-9(12(14)15)4-5-11(13)10(8)6-7/h2-6,13H,1H3,(H,14,15). The molecule has 0 fully saturated rings. The van der Waals surface area contributed by atoms with E-state index in [2.05, 4.69) is 0 Å². The molecule has 15 heavy (non-hydrogen) atoms. The zero-order valence-corrected chi connectivity index (χ0v) is 8.19. The molecule has 0 radical (unpaired) electrons. The zero-order valence-electron chi connectivity index (χ0n) is 8.19. The van der Waals surface area contributed by atoms with E-state index in [4.69, 9.17) is 5.11 Å². The van der Waals surface area contributed by atoms with E-state index in [1.165, 1.54) is 12.1 Å². The van der Waals surface area contributed by atoms with E-state index in [9.17, 15) is 9.90 Å². The molecule has 0 aliphatic heterocycles. The van der Waals surface area contributed by atoms with Crippen LogP contribution in [0.3, 0.4) is 0 Å². The van der Waals surface area contributed by atoms with Gasteiger partial charge in [0.25, 0.3) is 0 Å². The van der Waals surface area contributed by atoms with Crippen molar-refractivity contribution in [1.29, 1.82) is 0 Å². The number of hydrogen-bond acceptors (Lipinski definition) is 2. The van der Waals surface area contributed by atoms with Crippen molar-refractivity contribution < 1.29 is 15.0 Å². The van der Waals surface area contributed by atoms with Gasteiger partial charge in [0.05, 0.1) is 5.56 Å². The van der Waals surface area contributed by atoms with Crippen LogP contribution in [0.25, 0.3) is 10.8 Å². The van der Waals surface area contributed by atoms with Gasteiger partial charge in [-0.1, -0.05) is 17.7 Å². The minimum absolute atomic E-state index is 0.110. The smallest absolute Gasteiger partial charge is 0.336 e. The number of aromatic hydroxyl groups is 1. The molecule has 0 aliphatic rings. The minimum Gasteiger partial charge on any atom is -0.507 e. The molecule has 0 bridgehead atoms. The molecule has 3 heteroatoms. The summed E-state index contributed by atoms with van der Waals surface area (Å²) in [6.07, 6.45) is 0. The lowest BCUT2D eigenvalue weighted by molar-refractivity contribution is 0.0699. The summed E-state index contributed by atoms with van der Waals surface area (Å²) < 4.78 is 0. The molecule has 0 spiro atoms. The van der Waals surface area contributed by atoms with Gasteiger partial charge < -0.3 is 10.2 Å². The Balaban J connectivity index is 2.88. The van der Waals surface area contributed by atoms with Gasteiger partial charge in [0.15, 0.2) is 0 Å². The lowest BCUT2D eigenvalue weighted by Gasteiger charge is -2.05. The summed E-state index contributed by atoms with van der Waals surface area (Å²) >= 11 is 0. The molecule has 3 nitrogen and oxygen atoms in total. The Morgan fingerprint density at radius 1 is 1.13 bits per heavy atom. The fraction of sp³-hybridized carbons (Fsp3) is 0.0833. The number of phenols is 1. The maximum Gasteiger partial charge on any atom is 0.336 e. The van der Waals surface area contributed by atoms with E-state index in [1.54, 1.807) is 12.1 Å². The predicted octanol–water partition coefficient (Wildman–Crippen LogP) is 2.55. The van der Waals surface area contributed by atoms with Gasteiger partial charge >= 0.3 is 5.97 Å². The first kappa shape index (κ1) is 9.52. The fourth-order valence-electron chi connectivity index (χ4n) is 1.63. The highest BCUT2D eigenvalue weighted by molar-refractivity contribution is 6.05. The van der Waals surface area contributed by atoms with Gasteiger partial charge in [-0.25, -0.2) is 4.79 Å². The molecule has 0 saturated heterocycles. The van der Waals surface area contributed by atoms with E-state index in [-0.39, 0.29) is 11.3 Å². The van der Waals surface area contributed by atoms with Crippen LogP contribution in [0.2, 0.25) is 0 Å². The normalized spacial score (nSPS) is 10.5. The van der Waals surface area contributed by atoms with E-state index >= 15 is 0 Å². The third-order valence-corrected chi connectivity index (χ3v) is 2.38. The highest BCUT2D eigenvalue weighted by Crippen LogP contribution is 2.28.